The molecule has 184 valence electrons. The summed E-state index contributed by atoms with van der Waals surface area (Å²) in [6, 6.07) is 7.62. The molecule has 4 rings (SSSR count). The molecular formula is C25H30N6O4. The van der Waals surface area contributed by atoms with E-state index in [2.05, 4.69) is 34.4 Å². The first kappa shape index (κ1) is 24.1. The number of benzene rings is 1. The predicted octanol–water partition coefficient (Wildman–Crippen LogP) is 2.58. The minimum absolute atomic E-state index is 0.156. The number of ether oxygens (including phenoxy) is 2. The minimum Gasteiger partial charge on any atom is -0.454 e. The number of nitrogens with zero attached hydrogens (tertiary/aromatic N) is 3. The molecule has 4 N–H and O–H groups in total. The van der Waals surface area contributed by atoms with Crippen LogP contribution in [0, 0.1) is 13.8 Å². The standard InChI is InChI=1S/C25H30N6O4/c1-14-10-28-23(29-12-25(4,5)18-6-7-20-21(9-18)35-13-34-20)24(33)31(14)19-8-17(11-27-16(3)32)15(2)30-22(19)26/h6-10H,11-13H2,1-5H3,(H2,26,30)(H,27,32)(H,28,29). The molecule has 1 amide bonds. The highest BCUT2D eigenvalue weighted by Crippen LogP contribution is 2.36. The number of carbonyl (C=O) groups excluding carboxylic acids is 1. The largest absolute Gasteiger partial charge is 0.454 e. The molecule has 1 aliphatic rings. The van der Waals surface area contributed by atoms with Crippen molar-refractivity contribution < 1.29 is 14.3 Å². The van der Waals surface area contributed by atoms with Gasteiger partial charge in [0, 0.05) is 43.0 Å². The number of aryl methyl sites for hydroxylation is 2. The summed E-state index contributed by atoms with van der Waals surface area (Å²) in [6.07, 6.45) is 1.62. The van der Waals surface area contributed by atoms with Gasteiger partial charge in [-0.25, -0.2) is 9.97 Å². The van der Waals surface area contributed by atoms with E-state index in [1.54, 1.807) is 19.2 Å². The molecule has 2 aromatic heterocycles. The van der Waals surface area contributed by atoms with E-state index < -0.39 is 0 Å². The molecule has 0 fully saturated rings. The van der Waals surface area contributed by atoms with E-state index in [1.807, 2.05) is 25.1 Å². The molecule has 1 aliphatic heterocycles. The number of amides is 1. The molecule has 0 radical (unpaired) electrons. The van der Waals surface area contributed by atoms with Gasteiger partial charge in [-0.05, 0) is 43.2 Å². The van der Waals surface area contributed by atoms with Crippen LogP contribution in [0.2, 0.25) is 0 Å². The molecule has 0 spiro atoms. The molecule has 0 saturated carbocycles. The number of nitrogens with one attached hydrogen (secondary N) is 2. The Kier molecular flexibility index (Phi) is 6.38. The molecule has 0 bridgehead atoms. The van der Waals surface area contributed by atoms with Crippen LogP contribution in [0.4, 0.5) is 11.6 Å². The van der Waals surface area contributed by atoms with E-state index in [4.69, 9.17) is 15.2 Å². The predicted molar refractivity (Wildman–Crippen MR) is 133 cm³/mol. The maximum atomic E-state index is 13.5. The summed E-state index contributed by atoms with van der Waals surface area (Å²) >= 11 is 0. The first-order valence-electron chi connectivity index (χ1n) is 11.3. The number of nitrogens with two attached hydrogens (primary N) is 1. The molecule has 1 aromatic carbocycles. The third kappa shape index (κ3) is 4.91. The molecule has 0 saturated heterocycles. The van der Waals surface area contributed by atoms with E-state index in [0.717, 1.165) is 16.9 Å². The lowest BCUT2D eigenvalue weighted by molar-refractivity contribution is -0.119. The van der Waals surface area contributed by atoms with Gasteiger partial charge in [0.15, 0.2) is 17.3 Å². The van der Waals surface area contributed by atoms with Crippen molar-refractivity contribution in [2.75, 3.05) is 24.4 Å². The lowest BCUT2D eigenvalue weighted by Gasteiger charge is -2.26. The van der Waals surface area contributed by atoms with Crippen molar-refractivity contribution in [2.24, 2.45) is 0 Å². The number of hydrogen-bond donors (Lipinski definition) is 3. The van der Waals surface area contributed by atoms with E-state index in [-0.39, 0.29) is 41.9 Å². The van der Waals surface area contributed by atoms with E-state index in [1.165, 1.54) is 11.5 Å². The summed E-state index contributed by atoms with van der Waals surface area (Å²) in [6.45, 7) is 10.1. The van der Waals surface area contributed by atoms with Gasteiger partial charge in [0.25, 0.3) is 5.56 Å². The van der Waals surface area contributed by atoms with Gasteiger partial charge in [-0.3, -0.25) is 14.2 Å². The van der Waals surface area contributed by atoms with Crippen LogP contribution in [0.5, 0.6) is 11.5 Å². The van der Waals surface area contributed by atoms with Crippen LogP contribution in [0.15, 0.2) is 35.3 Å². The zero-order chi connectivity index (χ0) is 25.3. The minimum atomic E-state index is -0.339. The van der Waals surface area contributed by atoms with Crippen LogP contribution in [0.3, 0.4) is 0 Å². The fourth-order valence-electron chi connectivity index (χ4n) is 3.91. The van der Waals surface area contributed by atoms with Crippen molar-refractivity contribution in [1.82, 2.24) is 19.9 Å². The van der Waals surface area contributed by atoms with Crippen molar-refractivity contribution in [2.45, 2.75) is 46.6 Å². The maximum absolute atomic E-state index is 13.5. The summed E-state index contributed by atoms with van der Waals surface area (Å²) in [4.78, 5) is 33.6. The number of aromatic nitrogens is 3. The Balaban J connectivity index is 1.63. The SMILES string of the molecule is CC(=O)NCc1cc(-n2c(C)cnc(NCC(C)(C)c3ccc4c(c3)OCO4)c2=O)c(N)nc1C. The Hall–Kier alpha value is -4.08. The van der Waals surface area contributed by atoms with Gasteiger partial charge in [0.1, 0.15) is 5.82 Å². The second kappa shape index (κ2) is 9.28. The number of pyridine rings is 1. The van der Waals surface area contributed by atoms with Crippen LogP contribution >= 0.6 is 0 Å². The molecule has 35 heavy (non-hydrogen) atoms. The zero-order valence-electron chi connectivity index (χ0n) is 20.6. The van der Waals surface area contributed by atoms with Crippen molar-refractivity contribution >= 4 is 17.5 Å². The van der Waals surface area contributed by atoms with Crippen molar-refractivity contribution in [1.29, 1.82) is 0 Å². The highest BCUT2D eigenvalue weighted by molar-refractivity contribution is 5.73. The summed E-state index contributed by atoms with van der Waals surface area (Å²) < 4.78 is 12.4. The molecule has 0 aliphatic carbocycles. The van der Waals surface area contributed by atoms with E-state index in [0.29, 0.717) is 29.4 Å². The zero-order valence-corrected chi connectivity index (χ0v) is 20.6. The summed E-state index contributed by atoms with van der Waals surface area (Å²) in [5.74, 6) is 1.70. The molecule has 10 heteroatoms. The smallest absolute Gasteiger partial charge is 0.298 e. The first-order valence-corrected chi connectivity index (χ1v) is 11.3. The van der Waals surface area contributed by atoms with Crippen LogP contribution < -0.4 is 31.4 Å². The highest BCUT2D eigenvalue weighted by atomic mass is 16.7. The van der Waals surface area contributed by atoms with E-state index >= 15 is 0 Å². The van der Waals surface area contributed by atoms with Gasteiger partial charge >= 0.3 is 0 Å². The lowest BCUT2D eigenvalue weighted by atomic mass is 9.84. The van der Waals surface area contributed by atoms with E-state index in [9.17, 15) is 9.59 Å². The van der Waals surface area contributed by atoms with Crippen LogP contribution in [-0.2, 0) is 16.8 Å². The van der Waals surface area contributed by atoms with Gasteiger partial charge in [0.2, 0.25) is 12.7 Å². The lowest BCUT2D eigenvalue weighted by Crippen LogP contribution is -2.32. The number of hydrogen-bond acceptors (Lipinski definition) is 8. The van der Waals surface area contributed by atoms with Gasteiger partial charge in [-0.15, -0.1) is 0 Å². The fraction of sp³-hybridized carbons (Fsp3) is 0.360. The molecule has 3 heterocycles. The van der Waals surface area contributed by atoms with Crippen molar-refractivity contribution in [3.8, 4) is 17.2 Å². The number of anilines is 2. The number of fused-ring (bicyclic) bond motifs is 1. The summed E-state index contributed by atoms with van der Waals surface area (Å²) in [5, 5.41) is 5.97. The monoisotopic (exact) mass is 478 g/mol. The molecule has 3 aromatic rings. The summed E-state index contributed by atoms with van der Waals surface area (Å²) in [5.41, 5.74) is 9.08. The maximum Gasteiger partial charge on any atom is 0.298 e. The molecule has 0 atom stereocenters. The number of carbonyl (C=O) groups is 1. The Labute approximate surface area is 203 Å². The topological polar surface area (TPSA) is 133 Å². The number of nitrogen functional groups attached to an aromatic ring is 1. The van der Waals surface area contributed by atoms with Gasteiger partial charge < -0.3 is 25.8 Å². The van der Waals surface area contributed by atoms with Gasteiger partial charge in [0.05, 0.1) is 5.69 Å². The Morgan fingerprint density at radius 2 is 1.94 bits per heavy atom. The van der Waals surface area contributed by atoms with Crippen LogP contribution in [0.1, 0.15) is 43.3 Å². The quantitative estimate of drug-likeness (QED) is 0.472. The molecule has 10 nitrogen and oxygen atoms in total. The van der Waals surface area contributed by atoms with Gasteiger partial charge in [-0.1, -0.05) is 19.9 Å². The number of rotatable bonds is 7. The van der Waals surface area contributed by atoms with Crippen LogP contribution in [0.25, 0.3) is 5.69 Å². The Bertz CT molecular complexity index is 1350. The van der Waals surface area contributed by atoms with Crippen molar-refractivity contribution in [3.63, 3.8) is 0 Å². The average molecular weight is 479 g/mol. The fourth-order valence-corrected chi connectivity index (χ4v) is 3.91. The third-order valence-corrected chi connectivity index (χ3v) is 6.09. The first-order chi connectivity index (χ1) is 16.6. The van der Waals surface area contributed by atoms with Gasteiger partial charge in [-0.2, -0.15) is 0 Å². The normalized spacial score (nSPS) is 12.5. The second-order valence-electron chi connectivity index (χ2n) is 9.24. The molecule has 0 unspecified atom stereocenters. The van der Waals surface area contributed by atoms with Crippen molar-refractivity contribution in [3.05, 3.63) is 63.3 Å². The highest BCUT2D eigenvalue weighted by Gasteiger charge is 2.25. The van der Waals surface area contributed by atoms with Crippen LogP contribution in [-0.4, -0.2) is 33.8 Å². The second-order valence-corrected chi connectivity index (χ2v) is 9.24. The third-order valence-electron chi connectivity index (χ3n) is 6.09. The summed E-state index contributed by atoms with van der Waals surface area (Å²) in [7, 11) is 0. The average Bonchev–Trinajstić information content (AvgIpc) is 3.27. The Morgan fingerprint density at radius 3 is 2.69 bits per heavy atom. The Morgan fingerprint density at radius 1 is 1.20 bits per heavy atom. The molecular weight excluding hydrogens is 448 g/mol.